The van der Waals surface area contributed by atoms with Crippen LogP contribution < -0.4 is 0 Å². The highest BCUT2D eigenvalue weighted by atomic mass is 16.3. The molecule has 1 N–H and O–H groups in total. The van der Waals surface area contributed by atoms with E-state index in [0.717, 1.165) is 31.2 Å². The van der Waals surface area contributed by atoms with Crippen molar-refractivity contribution < 1.29 is 5.11 Å². The van der Waals surface area contributed by atoms with Crippen LogP contribution in [0.5, 0.6) is 0 Å². The van der Waals surface area contributed by atoms with Gasteiger partial charge in [0, 0.05) is 12.6 Å². The van der Waals surface area contributed by atoms with E-state index in [-0.39, 0.29) is 6.10 Å². The van der Waals surface area contributed by atoms with E-state index < -0.39 is 0 Å². The molecule has 0 spiro atoms. The highest BCUT2D eigenvalue weighted by molar-refractivity contribution is 4.79. The standard InChI is InChI=1S/C12H25NO/c1-4-12(14)6-5-7-13-9-10(2)8-11(13)3/h10-12,14H,4-9H2,1-3H3. The van der Waals surface area contributed by atoms with Gasteiger partial charge in [0.1, 0.15) is 0 Å². The van der Waals surface area contributed by atoms with Crippen LogP contribution in [-0.4, -0.2) is 35.2 Å². The second-order valence-corrected chi connectivity index (χ2v) is 4.89. The SMILES string of the molecule is CCC(O)CCCN1CC(C)CC1C. The molecular formula is C12H25NO. The maximum atomic E-state index is 9.43. The Balaban J connectivity index is 2.12. The van der Waals surface area contributed by atoms with E-state index in [1.807, 2.05) is 6.92 Å². The first-order chi connectivity index (χ1) is 6.63. The van der Waals surface area contributed by atoms with Crippen molar-refractivity contribution in [3.8, 4) is 0 Å². The Kier molecular flexibility index (Phi) is 4.90. The Bertz CT molecular complexity index is 160. The van der Waals surface area contributed by atoms with Gasteiger partial charge in [-0.05, 0) is 45.1 Å². The lowest BCUT2D eigenvalue weighted by atomic mass is 10.1. The quantitative estimate of drug-likeness (QED) is 0.734. The van der Waals surface area contributed by atoms with Crippen LogP contribution in [0.25, 0.3) is 0 Å². The highest BCUT2D eigenvalue weighted by Gasteiger charge is 2.25. The molecule has 0 aromatic carbocycles. The molecule has 0 bridgehead atoms. The fourth-order valence-corrected chi connectivity index (χ4v) is 2.43. The van der Waals surface area contributed by atoms with Gasteiger partial charge in [0.15, 0.2) is 0 Å². The van der Waals surface area contributed by atoms with E-state index in [4.69, 9.17) is 0 Å². The molecule has 1 aliphatic rings. The maximum absolute atomic E-state index is 9.43. The predicted molar refractivity (Wildman–Crippen MR) is 60.3 cm³/mol. The van der Waals surface area contributed by atoms with Crippen molar-refractivity contribution in [1.82, 2.24) is 4.90 Å². The van der Waals surface area contributed by atoms with Crippen molar-refractivity contribution in [2.24, 2.45) is 5.92 Å². The van der Waals surface area contributed by atoms with Gasteiger partial charge in [-0.25, -0.2) is 0 Å². The van der Waals surface area contributed by atoms with Crippen LogP contribution in [0.3, 0.4) is 0 Å². The third-order valence-corrected chi connectivity index (χ3v) is 3.37. The molecule has 1 heterocycles. The second kappa shape index (κ2) is 5.72. The van der Waals surface area contributed by atoms with Gasteiger partial charge in [0.05, 0.1) is 6.10 Å². The van der Waals surface area contributed by atoms with Crippen molar-refractivity contribution in [2.45, 2.75) is 58.6 Å². The highest BCUT2D eigenvalue weighted by Crippen LogP contribution is 2.22. The predicted octanol–water partition coefficient (Wildman–Crippen LogP) is 2.27. The monoisotopic (exact) mass is 199 g/mol. The molecule has 0 radical (unpaired) electrons. The van der Waals surface area contributed by atoms with E-state index in [2.05, 4.69) is 18.7 Å². The molecule has 0 aromatic rings. The molecule has 2 nitrogen and oxygen atoms in total. The number of likely N-dealkylation sites (tertiary alicyclic amines) is 1. The Morgan fingerprint density at radius 2 is 2.14 bits per heavy atom. The smallest absolute Gasteiger partial charge is 0.0538 e. The lowest BCUT2D eigenvalue weighted by molar-refractivity contribution is 0.148. The van der Waals surface area contributed by atoms with Crippen LogP contribution in [-0.2, 0) is 0 Å². The van der Waals surface area contributed by atoms with E-state index in [9.17, 15) is 5.11 Å². The number of hydrogen-bond donors (Lipinski definition) is 1. The number of aliphatic hydroxyl groups is 1. The van der Waals surface area contributed by atoms with Crippen LogP contribution in [0, 0.1) is 5.92 Å². The van der Waals surface area contributed by atoms with Crippen LogP contribution in [0.2, 0.25) is 0 Å². The summed E-state index contributed by atoms with van der Waals surface area (Å²) < 4.78 is 0. The summed E-state index contributed by atoms with van der Waals surface area (Å²) in [6.45, 7) is 9.12. The lowest BCUT2D eigenvalue weighted by Gasteiger charge is -2.21. The van der Waals surface area contributed by atoms with Crippen molar-refractivity contribution >= 4 is 0 Å². The molecule has 2 heteroatoms. The van der Waals surface area contributed by atoms with Crippen LogP contribution in [0.1, 0.15) is 46.5 Å². The number of nitrogens with zero attached hydrogens (tertiary/aromatic N) is 1. The van der Waals surface area contributed by atoms with Gasteiger partial charge < -0.3 is 10.0 Å². The van der Waals surface area contributed by atoms with Gasteiger partial charge >= 0.3 is 0 Å². The number of aliphatic hydroxyl groups excluding tert-OH is 1. The molecule has 1 fully saturated rings. The molecule has 1 aliphatic heterocycles. The molecule has 0 aliphatic carbocycles. The first kappa shape index (κ1) is 12.0. The first-order valence-electron chi connectivity index (χ1n) is 6.05. The van der Waals surface area contributed by atoms with Crippen molar-refractivity contribution in [1.29, 1.82) is 0 Å². The molecule has 0 aromatic heterocycles. The van der Waals surface area contributed by atoms with E-state index in [1.54, 1.807) is 0 Å². The fraction of sp³-hybridized carbons (Fsp3) is 1.00. The molecule has 84 valence electrons. The van der Waals surface area contributed by atoms with Gasteiger partial charge in [0.25, 0.3) is 0 Å². The third-order valence-electron chi connectivity index (χ3n) is 3.37. The van der Waals surface area contributed by atoms with E-state index >= 15 is 0 Å². The Morgan fingerprint density at radius 1 is 1.43 bits per heavy atom. The summed E-state index contributed by atoms with van der Waals surface area (Å²) in [6, 6.07) is 0.753. The van der Waals surface area contributed by atoms with Crippen LogP contribution in [0.15, 0.2) is 0 Å². The molecule has 3 unspecified atom stereocenters. The van der Waals surface area contributed by atoms with Gasteiger partial charge in [0.2, 0.25) is 0 Å². The molecule has 3 atom stereocenters. The largest absolute Gasteiger partial charge is 0.393 e. The average Bonchev–Trinajstić information content (AvgIpc) is 2.45. The third kappa shape index (κ3) is 3.58. The maximum Gasteiger partial charge on any atom is 0.0538 e. The molecule has 14 heavy (non-hydrogen) atoms. The molecular weight excluding hydrogens is 174 g/mol. The van der Waals surface area contributed by atoms with E-state index in [1.165, 1.54) is 19.5 Å². The van der Waals surface area contributed by atoms with Crippen LogP contribution in [0.4, 0.5) is 0 Å². The van der Waals surface area contributed by atoms with Gasteiger partial charge in [-0.15, -0.1) is 0 Å². The topological polar surface area (TPSA) is 23.5 Å². The molecule has 1 rings (SSSR count). The summed E-state index contributed by atoms with van der Waals surface area (Å²) in [5.74, 6) is 0.862. The lowest BCUT2D eigenvalue weighted by Crippen LogP contribution is -2.28. The summed E-state index contributed by atoms with van der Waals surface area (Å²) in [7, 11) is 0. The Morgan fingerprint density at radius 3 is 2.64 bits per heavy atom. The minimum absolute atomic E-state index is 0.0784. The van der Waals surface area contributed by atoms with E-state index in [0.29, 0.717) is 0 Å². The summed E-state index contributed by atoms with van der Waals surface area (Å²) in [6.07, 6.45) is 4.27. The Hall–Kier alpha value is -0.0800. The number of rotatable bonds is 5. The fourth-order valence-electron chi connectivity index (χ4n) is 2.43. The molecule has 1 saturated heterocycles. The normalized spacial score (nSPS) is 30.9. The number of hydrogen-bond acceptors (Lipinski definition) is 2. The zero-order valence-corrected chi connectivity index (χ0v) is 9.87. The van der Waals surface area contributed by atoms with Gasteiger partial charge in [-0.2, -0.15) is 0 Å². The minimum atomic E-state index is -0.0784. The van der Waals surface area contributed by atoms with Gasteiger partial charge in [-0.3, -0.25) is 0 Å². The van der Waals surface area contributed by atoms with Crippen molar-refractivity contribution in [3.05, 3.63) is 0 Å². The Labute approximate surface area is 88.3 Å². The minimum Gasteiger partial charge on any atom is -0.393 e. The average molecular weight is 199 g/mol. The zero-order valence-electron chi connectivity index (χ0n) is 9.87. The summed E-state index contributed by atoms with van der Waals surface area (Å²) >= 11 is 0. The first-order valence-corrected chi connectivity index (χ1v) is 6.05. The summed E-state index contributed by atoms with van der Waals surface area (Å²) in [5, 5.41) is 9.43. The van der Waals surface area contributed by atoms with Crippen molar-refractivity contribution in [3.63, 3.8) is 0 Å². The van der Waals surface area contributed by atoms with Crippen LogP contribution >= 0.6 is 0 Å². The molecule has 0 amide bonds. The molecule has 0 saturated carbocycles. The zero-order chi connectivity index (χ0) is 10.6. The van der Waals surface area contributed by atoms with Crippen molar-refractivity contribution in [2.75, 3.05) is 13.1 Å². The summed E-state index contributed by atoms with van der Waals surface area (Å²) in [4.78, 5) is 2.56. The second-order valence-electron chi connectivity index (χ2n) is 4.89. The summed E-state index contributed by atoms with van der Waals surface area (Å²) in [5.41, 5.74) is 0. The van der Waals surface area contributed by atoms with Gasteiger partial charge in [-0.1, -0.05) is 13.8 Å².